The fraction of sp³-hybridized carbons (Fsp3) is 0.381. The van der Waals surface area contributed by atoms with Gasteiger partial charge in [-0.25, -0.2) is 12.8 Å². The van der Waals surface area contributed by atoms with E-state index >= 15 is 0 Å². The number of hydrogen-bond donors (Lipinski definition) is 1. The van der Waals surface area contributed by atoms with Gasteiger partial charge in [0.05, 0.1) is 10.6 Å². The lowest BCUT2D eigenvalue weighted by Gasteiger charge is -2.34. The molecule has 10 heteroatoms. The number of para-hydroxylation sites is 1. The smallest absolute Gasteiger partial charge is 0.370 e. The minimum absolute atomic E-state index is 0.0155. The van der Waals surface area contributed by atoms with Gasteiger partial charge in [0, 0.05) is 25.6 Å². The second-order valence-electron chi connectivity index (χ2n) is 7.31. The molecule has 1 aliphatic heterocycles. The molecule has 0 unspecified atom stereocenters. The molecular formula is C21H22F4N2O3S. The van der Waals surface area contributed by atoms with Crippen molar-refractivity contribution in [3.8, 4) is 0 Å². The van der Waals surface area contributed by atoms with Gasteiger partial charge in [-0.15, -0.1) is 0 Å². The molecule has 0 aliphatic carbocycles. The lowest BCUT2D eigenvalue weighted by molar-refractivity contribution is -0.125. The van der Waals surface area contributed by atoms with Crippen LogP contribution in [-0.2, 0) is 21.1 Å². The summed E-state index contributed by atoms with van der Waals surface area (Å²) in [4.78, 5) is 13.2. The van der Waals surface area contributed by atoms with Crippen molar-refractivity contribution in [2.75, 3.05) is 24.5 Å². The van der Waals surface area contributed by atoms with Gasteiger partial charge in [0.2, 0.25) is 5.91 Å². The Labute approximate surface area is 178 Å². The topological polar surface area (TPSA) is 66.5 Å². The Morgan fingerprint density at radius 3 is 2.29 bits per heavy atom. The van der Waals surface area contributed by atoms with Crippen LogP contribution >= 0.6 is 0 Å². The van der Waals surface area contributed by atoms with E-state index in [0.717, 1.165) is 6.07 Å². The minimum Gasteiger partial charge on any atom is -0.370 e. The second kappa shape index (κ2) is 9.25. The number of benzene rings is 2. The number of hydrogen-bond acceptors (Lipinski definition) is 4. The van der Waals surface area contributed by atoms with Crippen LogP contribution in [0.15, 0.2) is 53.4 Å². The molecule has 2 aromatic rings. The van der Waals surface area contributed by atoms with E-state index in [2.05, 4.69) is 5.32 Å². The summed E-state index contributed by atoms with van der Waals surface area (Å²) in [5.74, 6) is -0.882. The molecule has 1 amide bonds. The zero-order chi connectivity index (χ0) is 22.6. The molecular weight excluding hydrogens is 436 g/mol. The lowest BCUT2D eigenvalue weighted by atomic mass is 9.95. The highest BCUT2D eigenvalue weighted by atomic mass is 32.2. The van der Waals surface area contributed by atoms with E-state index in [1.807, 2.05) is 0 Å². The summed E-state index contributed by atoms with van der Waals surface area (Å²) in [6.07, 6.45) is 1.08. The monoisotopic (exact) mass is 458 g/mol. The summed E-state index contributed by atoms with van der Waals surface area (Å²) in [6.45, 7) is 0.762. The Bertz CT molecular complexity index is 1030. The summed E-state index contributed by atoms with van der Waals surface area (Å²) < 4.78 is 76.5. The summed E-state index contributed by atoms with van der Waals surface area (Å²) >= 11 is 0. The average Bonchev–Trinajstić information content (AvgIpc) is 2.74. The van der Waals surface area contributed by atoms with Gasteiger partial charge in [0.15, 0.2) is 0 Å². The van der Waals surface area contributed by atoms with Crippen LogP contribution in [0.3, 0.4) is 0 Å². The highest BCUT2D eigenvalue weighted by Crippen LogP contribution is 2.37. The van der Waals surface area contributed by atoms with E-state index in [0.29, 0.717) is 24.8 Å². The average molecular weight is 458 g/mol. The summed E-state index contributed by atoms with van der Waals surface area (Å²) in [7, 11) is -5.48. The van der Waals surface area contributed by atoms with Gasteiger partial charge in [-0.1, -0.05) is 30.3 Å². The van der Waals surface area contributed by atoms with Gasteiger partial charge in [-0.05, 0) is 43.0 Å². The summed E-state index contributed by atoms with van der Waals surface area (Å²) in [5, 5.41) is 2.77. The van der Waals surface area contributed by atoms with Crippen molar-refractivity contribution in [3.63, 3.8) is 0 Å². The third-order valence-corrected chi connectivity index (χ3v) is 6.85. The first-order valence-corrected chi connectivity index (χ1v) is 11.3. The van der Waals surface area contributed by atoms with Crippen molar-refractivity contribution < 1.29 is 30.8 Å². The maximum Gasteiger partial charge on any atom is 0.501 e. The SMILES string of the molecule is O=C(NCCc1ccccc1F)C1CCN(c2ccccc2S(=O)(=O)C(F)(F)F)CC1. The molecule has 0 spiro atoms. The van der Waals surface area contributed by atoms with E-state index < -0.39 is 20.2 Å². The van der Waals surface area contributed by atoms with Gasteiger partial charge in [0.25, 0.3) is 9.84 Å². The van der Waals surface area contributed by atoms with E-state index in [1.54, 1.807) is 23.1 Å². The normalized spacial score (nSPS) is 15.7. The zero-order valence-electron chi connectivity index (χ0n) is 16.5. The number of piperidine rings is 1. The van der Waals surface area contributed by atoms with Crippen molar-refractivity contribution in [1.82, 2.24) is 5.32 Å². The molecule has 0 atom stereocenters. The Kier molecular flexibility index (Phi) is 6.88. The van der Waals surface area contributed by atoms with Crippen LogP contribution in [0.25, 0.3) is 0 Å². The molecule has 1 N–H and O–H groups in total. The summed E-state index contributed by atoms with van der Waals surface area (Å²) in [5.41, 5.74) is -4.90. The lowest BCUT2D eigenvalue weighted by Crippen LogP contribution is -2.41. The minimum atomic E-state index is -5.48. The Morgan fingerprint density at radius 2 is 1.65 bits per heavy atom. The third-order valence-electron chi connectivity index (χ3n) is 5.32. The highest BCUT2D eigenvalue weighted by Gasteiger charge is 2.48. The number of carbonyl (C=O) groups is 1. The number of nitrogens with zero attached hydrogens (tertiary/aromatic N) is 1. The van der Waals surface area contributed by atoms with Gasteiger partial charge in [-0.3, -0.25) is 4.79 Å². The number of rotatable bonds is 6. The molecule has 2 aromatic carbocycles. The molecule has 31 heavy (non-hydrogen) atoms. The molecule has 0 radical (unpaired) electrons. The van der Waals surface area contributed by atoms with Gasteiger partial charge < -0.3 is 10.2 Å². The van der Waals surface area contributed by atoms with Crippen LogP contribution in [-0.4, -0.2) is 39.5 Å². The molecule has 3 rings (SSSR count). The molecule has 1 aliphatic rings. The van der Waals surface area contributed by atoms with Crippen molar-refractivity contribution >= 4 is 21.4 Å². The van der Waals surface area contributed by atoms with E-state index in [9.17, 15) is 30.8 Å². The fourth-order valence-corrected chi connectivity index (χ4v) is 4.60. The number of alkyl halides is 3. The number of sulfone groups is 1. The summed E-state index contributed by atoms with van der Waals surface area (Å²) in [6, 6.07) is 11.3. The highest BCUT2D eigenvalue weighted by molar-refractivity contribution is 7.92. The van der Waals surface area contributed by atoms with Gasteiger partial charge in [0.1, 0.15) is 5.82 Å². The number of carbonyl (C=O) groups excluding carboxylic acids is 1. The first kappa shape index (κ1) is 23.1. The van der Waals surface area contributed by atoms with Crippen molar-refractivity contribution in [3.05, 3.63) is 59.9 Å². The standard InChI is InChI=1S/C21H22F4N2O3S/c22-17-6-2-1-5-15(17)9-12-26-20(28)16-10-13-27(14-11-16)18-7-3-4-8-19(18)31(29,30)21(23,24)25/h1-8,16H,9-14H2,(H,26,28). The molecule has 5 nitrogen and oxygen atoms in total. The van der Waals surface area contributed by atoms with E-state index in [1.165, 1.54) is 24.3 Å². The van der Waals surface area contributed by atoms with Gasteiger partial charge in [-0.2, -0.15) is 13.2 Å². The van der Waals surface area contributed by atoms with Crippen LogP contribution in [0.2, 0.25) is 0 Å². The van der Waals surface area contributed by atoms with Crippen molar-refractivity contribution in [1.29, 1.82) is 0 Å². The molecule has 1 saturated heterocycles. The predicted octanol–water partition coefficient (Wildman–Crippen LogP) is 3.69. The van der Waals surface area contributed by atoms with Crippen LogP contribution in [0.5, 0.6) is 0 Å². The van der Waals surface area contributed by atoms with Crippen LogP contribution < -0.4 is 10.2 Å². The molecule has 168 valence electrons. The largest absolute Gasteiger partial charge is 0.501 e. The fourth-order valence-electron chi connectivity index (χ4n) is 3.62. The number of amides is 1. The first-order chi connectivity index (χ1) is 14.6. The van der Waals surface area contributed by atoms with E-state index in [-0.39, 0.29) is 43.0 Å². The van der Waals surface area contributed by atoms with Crippen molar-refractivity contribution in [2.24, 2.45) is 5.92 Å². The maximum absolute atomic E-state index is 13.6. The third kappa shape index (κ3) is 5.17. The first-order valence-electron chi connectivity index (χ1n) is 9.77. The maximum atomic E-state index is 13.6. The Balaban J connectivity index is 1.59. The van der Waals surface area contributed by atoms with Crippen LogP contribution in [0.1, 0.15) is 18.4 Å². The molecule has 0 bridgehead atoms. The van der Waals surface area contributed by atoms with Crippen LogP contribution in [0.4, 0.5) is 23.2 Å². The second-order valence-corrected chi connectivity index (χ2v) is 9.22. The predicted molar refractivity (Wildman–Crippen MR) is 108 cm³/mol. The number of nitrogens with one attached hydrogen (secondary N) is 1. The zero-order valence-corrected chi connectivity index (χ0v) is 17.3. The van der Waals surface area contributed by atoms with Crippen molar-refractivity contribution in [2.45, 2.75) is 29.7 Å². The number of anilines is 1. The molecule has 1 fully saturated rings. The van der Waals surface area contributed by atoms with E-state index in [4.69, 9.17) is 0 Å². The molecule has 0 aromatic heterocycles. The molecule has 0 saturated carbocycles. The molecule has 1 heterocycles. The number of halogens is 4. The quantitative estimate of drug-likeness (QED) is 0.671. The van der Waals surface area contributed by atoms with Gasteiger partial charge >= 0.3 is 5.51 Å². The van der Waals surface area contributed by atoms with Crippen LogP contribution in [0, 0.1) is 11.7 Å². The Hall–Kier alpha value is -2.62. The Morgan fingerprint density at radius 1 is 1.03 bits per heavy atom.